The molecule has 0 amide bonds. The Kier molecular flexibility index (Phi) is 20.8. The Balaban J connectivity index is -0.000000453. The number of carboxylic acids is 2. The van der Waals surface area contributed by atoms with Gasteiger partial charge in [-0.2, -0.15) is 0 Å². The van der Waals surface area contributed by atoms with Crippen molar-refractivity contribution in [2.45, 2.75) is 33.6 Å². The lowest BCUT2D eigenvalue weighted by molar-refractivity contribution is -0.148. The average Bonchev–Trinajstić information content (AvgIpc) is 2.73. The molecule has 0 aromatic rings. The summed E-state index contributed by atoms with van der Waals surface area (Å²) in [7, 11) is 2.45. The first-order valence-corrected chi connectivity index (χ1v) is 9.76. The molecular weight excluding hydrogens is 428 g/mol. The molecule has 2 unspecified atom stereocenters. The minimum Gasteiger partial charge on any atom is -0.481 e. The topological polar surface area (TPSA) is 127 Å². The Morgan fingerprint density at radius 2 is 1.21 bits per heavy atom. The van der Waals surface area contributed by atoms with Crippen molar-refractivity contribution in [2.75, 3.05) is 14.2 Å². The average molecular weight is 465 g/mol. The van der Waals surface area contributed by atoms with Crippen molar-refractivity contribution in [3.05, 3.63) is 73.4 Å². The Morgan fingerprint density at radius 3 is 1.48 bits per heavy atom. The maximum absolute atomic E-state index is 11.1. The first-order chi connectivity index (χ1) is 15.2. The standard InChI is InChI=1S/2C10H14O4.C5H8/c1-7(2)4-5-8(10(12)13)6-9(11)14-3;1-7(2)4-5-8(6-9(11)12)10(13)14-3;1-4-5(2)3/h4-5,8H,1,6H2,2-3H3,(H,12,13);4-5,8H,1,6H2,2-3H3,(H,11,12);4H,1-2H2,3H3/b2*5-4+;. The van der Waals surface area contributed by atoms with Gasteiger partial charge in [0.15, 0.2) is 0 Å². The highest BCUT2D eigenvalue weighted by atomic mass is 16.5. The van der Waals surface area contributed by atoms with Crippen LogP contribution in [0.3, 0.4) is 0 Å². The fraction of sp³-hybridized carbons (Fsp3) is 0.360. The van der Waals surface area contributed by atoms with Gasteiger partial charge in [-0.15, -0.1) is 0 Å². The van der Waals surface area contributed by atoms with Gasteiger partial charge >= 0.3 is 23.9 Å². The van der Waals surface area contributed by atoms with Gasteiger partial charge in [-0.1, -0.05) is 73.4 Å². The molecule has 0 aliphatic carbocycles. The van der Waals surface area contributed by atoms with E-state index in [2.05, 4.69) is 35.8 Å². The third-order valence-corrected chi connectivity index (χ3v) is 3.40. The van der Waals surface area contributed by atoms with Crippen molar-refractivity contribution in [3.63, 3.8) is 0 Å². The number of hydrogen-bond donors (Lipinski definition) is 2. The summed E-state index contributed by atoms with van der Waals surface area (Å²) in [5, 5.41) is 17.3. The van der Waals surface area contributed by atoms with Crippen LogP contribution in [0, 0.1) is 11.8 Å². The lowest BCUT2D eigenvalue weighted by atomic mass is 10.0. The molecule has 0 fully saturated rings. The van der Waals surface area contributed by atoms with Crippen molar-refractivity contribution >= 4 is 23.9 Å². The van der Waals surface area contributed by atoms with Crippen LogP contribution in [0.25, 0.3) is 0 Å². The third-order valence-electron chi connectivity index (χ3n) is 3.40. The van der Waals surface area contributed by atoms with Crippen LogP contribution < -0.4 is 0 Å². The van der Waals surface area contributed by atoms with E-state index in [9.17, 15) is 19.2 Å². The molecule has 2 atom stereocenters. The second-order valence-electron chi connectivity index (χ2n) is 6.91. The van der Waals surface area contributed by atoms with E-state index in [-0.39, 0.29) is 12.8 Å². The summed E-state index contributed by atoms with van der Waals surface area (Å²) in [5.41, 5.74) is 2.51. The molecule has 33 heavy (non-hydrogen) atoms. The van der Waals surface area contributed by atoms with E-state index >= 15 is 0 Å². The van der Waals surface area contributed by atoms with Gasteiger partial charge in [0.05, 0.1) is 38.9 Å². The first kappa shape index (κ1) is 33.9. The van der Waals surface area contributed by atoms with Gasteiger partial charge in [-0.25, -0.2) is 0 Å². The molecule has 0 aliphatic heterocycles. The molecule has 0 spiro atoms. The summed E-state index contributed by atoms with van der Waals surface area (Å²) < 4.78 is 8.84. The molecule has 0 heterocycles. The SMILES string of the molecule is C=C(C)/C=C/C(CC(=O)O)C(=O)OC.C=C(C)/C=C/C(CC(=O)OC)C(=O)O.C=CC(=C)C. The normalized spacial score (nSPS) is 11.5. The van der Waals surface area contributed by atoms with Gasteiger partial charge in [0.25, 0.3) is 0 Å². The van der Waals surface area contributed by atoms with Crippen LogP contribution in [0.2, 0.25) is 0 Å². The number of ether oxygens (including phenoxy) is 2. The van der Waals surface area contributed by atoms with E-state index in [1.807, 2.05) is 6.92 Å². The minimum absolute atomic E-state index is 0.157. The lowest BCUT2D eigenvalue weighted by Gasteiger charge is -2.06. The number of aliphatic carboxylic acids is 2. The summed E-state index contributed by atoms with van der Waals surface area (Å²) in [6, 6.07) is 0. The highest BCUT2D eigenvalue weighted by Crippen LogP contribution is 2.09. The Labute approximate surface area is 196 Å². The summed E-state index contributed by atoms with van der Waals surface area (Å²) in [4.78, 5) is 43.0. The van der Waals surface area contributed by atoms with Crippen molar-refractivity contribution in [3.8, 4) is 0 Å². The first-order valence-electron chi connectivity index (χ1n) is 9.76. The van der Waals surface area contributed by atoms with Crippen LogP contribution >= 0.6 is 0 Å². The number of carboxylic acid groups (broad SMARTS) is 2. The summed E-state index contributed by atoms with van der Waals surface area (Å²) in [6.07, 6.45) is 7.39. The monoisotopic (exact) mass is 464 g/mol. The van der Waals surface area contributed by atoms with Crippen molar-refractivity contribution in [1.29, 1.82) is 0 Å². The van der Waals surface area contributed by atoms with Crippen LogP contribution in [0.15, 0.2) is 73.4 Å². The van der Waals surface area contributed by atoms with Gasteiger partial charge in [0, 0.05) is 0 Å². The van der Waals surface area contributed by atoms with E-state index in [1.54, 1.807) is 32.1 Å². The van der Waals surface area contributed by atoms with Gasteiger partial charge < -0.3 is 19.7 Å². The maximum Gasteiger partial charge on any atom is 0.313 e. The smallest absolute Gasteiger partial charge is 0.313 e. The number of hydrogen-bond acceptors (Lipinski definition) is 6. The van der Waals surface area contributed by atoms with Gasteiger partial charge in [-0.05, 0) is 20.8 Å². The second kappa shape index (κ2) is 20.2. The molecule has 0 saturated carbocycles. The van der Waals surface area contributed by atoms with Crippen LogP contribution in [0.4, 0.5) is 0 Å². The Hall–Kier alpha value is -3.68. The van der Waals surface area contributed by atoms with Crippen LogP contribution in [0.5, 0.6) is 0 Å². The minimum atomic E-state index is -1.05. The fourth-order valence-electron chi connectivity index (χ4n) is 1.63. The summed E-state index contributed by atoms with van der Waals surface area (Å²) in [6.45, 7) is 19.6. The fourth-order valence-corrected chi connectivity index (χ4v) is 1.63. The Morgan fingerprint density at radius 1 is 0.788 bits per heavy atom. The number of methoxy groups -OCH3 is 2. The Bertz CT molecular complexity index is 771. The maximum atomic E-state index is 11.1. The molecule has 0 radical (unpaired) electrons. The van der Waals surface area contributed by atoms with E-state index in [4.69, 9.17) is 10.2 Å². The van der Waals surface area contributed by atoms with Crippen molar-refractivity contribution < 1.29 is 38.9 Å². The van der Waals surface area contributed by atoms with Crippen molar-refractivity contribution in [1.82, 2.24) is 0 Å². The van der Waals surface area contributed by atoms with Gasteiger partial charge in [0.1, 0.15) is 0 Å². The van der Waals surface area contributed by atoms with Crippen molar-refractivity contribution in [2.24, 2.45) is 11.8 Å². The number of carbonyl (C=O) groups is 4. The number of allylic oxidation sites excluding steroid dienone is 6. The van der Waals surface area contributed by atoms with Gasteiger partial charge in [-0.3, -0.25) is 19.2 Å². The molecular formula is C25H36O8. The molecule has 0 saturated heterocycles. The predicted molar refractivity (Wildman–Crippen MR) is 128 cm³/mol. The molecule has 0 aliphatic rings. The molecule has 0 bridgehead atoms. The molecule has 0 aromatic carbocycles. The van der Waals surface area contributed by atoms with Crippen LogP contribution in [-0.2, 0) is 28.7 Å². The molecule has 8 nitrogen and oxygen atoms in total. The van der Waals surface area contributed by atoms with E-state index in [0.717, 1.165) is 16.7 Å². The van der Waals surface area contributed by atoms with Crippen LogP contribution in [-0.4, -0.2) is 48.3 Å². The van der Waals surface area contributed by atoms with Gasteiger partial charge in [0.2, 0.25) is 0 Å². The zero-order valence-corrected chi connectivity index (χ0v) is 20.1. The highest BCUT2D eigenvalue weighted by Gasteiger charge is 2.19. The van der Waals surface area contributed by atoms with E-state index in [1.165, 1.54) is 26.4 Å². The quantitative estimate of drug-likeness (QED) is 0.338. The zero-order valence-electron chi connectivity index (χ0n) is 20.1. The largest absolute Gasteiger partial charge is 0.481 e. The molecule has 0 rings (SSSR count). The second-order valence-corrected chi connectivity index (χ2v) is 6.91. The van der Waals surface area contributed by atoms with E-state index in [0.29, 0.717) is 0 Å². The third kappa shape index (κ3) is 24.5. The van der Waals surface area contributed by atoms with E-state index < -0.39 is 35.7 Å². The van der Waals surface area contributed by atoms with Crippen LogP contribution in [0.1, 0.15) is 33.6 Å². The molecule has 0 aromatic heterocycles. The molecule has 8 heteroatoms. The lowest BCUT2D eigenvalue weighted by Crippen LogP contribution is -2.17. The summed E-state index contributed by atoms with van der Waals surface area (Å²) >= 11 is 0. The molecule has 184 valence electrons. The zero-order chi connectivity index (χ0) is 26.6. The predicted octanol–water partition coefficient (Wildman–Crippen LogP) is 4.51. The summed E-state index contributed by atoms with van der Waals surface area (Å²) in [5.74, 6) is -4.76. The number of esters is 2. The number of carbonyl (C=O) groups excluding carboxylic acids is 2. The molecule has 2 N–H and O–H groups in total. The number of rotatable bonds is 11. The highest BCUT2D eigenvalue weighted by molar-refractivity contribution is 5.81.